The van der Waals surface area contributed by atoms with Gasteiger partial charge in [-0.1, -0.05) is 35.9 Å². The van der Waals surface area contributed by atoms with Crippen LogP contribution < -0.4 is 10.1 Å². The average Bonchev–Trinajstić information content (AvgIpc) is 2.48. The van der Waals surface area contributed by atoms with E-state index in [9.17, 15) is 4.79 Å². The Morgan fingerprint density at radius 2 is 1.85 bits per heavy atom. The van der Waals surface area contributed by atoms with Crippen LogP contribution in [-0.4, -0.2) is 17.6 Å². The van der Waals surface area contributed by atoms with E-state index in [0.29, 0.717) is 11.3 Å². The highest BCUT2D eigenvalue weighted by Gasteiger charge is 2.06. The third kappa shape index (κ3) is 3.83. The first-order chi connectivity index (χ1) is 9.69. The van der Waals surface area contributed by atoms with Crippen LogP contribution in [0.15, 0.2) is 48.5 Å². The minimum atomic E-state index is -0.235. The first-order valence-corrected chi connectivity index (χ1v) is 6.37. The lowest BCUT2D eigenvalue weighted by molar-refractivity contribution is -0.118. The molecular formula is C16H17NO3. The summed E-state index contributed by atoms with van der Waals surface area (Å²) in [5.74, 6) is 0.288. The minimum Gasteiger partial charge on any atom is -0.483 e. The van der Waals surface area contributed by atoms with Crippen LogP contribution in [0.4, 0.5) is 5.69 Å². The molecule has 0 fully saturated rings. The predicted octanol–water partition coefficient (Wildman–Crippen LogP) is 2.50. The quantitative estimate of drug-likeness (QED) is 0.878. The molecule has 0 aliphatic carbocycles. The van der Waals surface area contributed by atoms with Crippen LogP contribution in [0.25, 0.3) is 0 Å². The number of anilines is 1. The molecule has 20 heavy (non-hydrogen) atoms. The lowest BCUT2D eigenvalue weighted by atomic mass is 10.2. The Balaban J connectivity index is 1.90. The molecule has 0 saturated heterocycles. The van der Waals surface area contributed by atoms with Gasteiger partial charge < -0.3 is 15.2 Å². The van der Waals surface area contributed by atoms with Gasteiger partial charge in [0.25, 0.3) is 5.91 Å². The second-order valence-electron chi connectivity index (χ2n) is 4.47. The Kier molecular flexibility index (Phi) is 4.74. The molecule has 0 aromatic heterocycles. The zero-order valence-corrected chi connectivity index (χ0v) is 11.3. The van der Waals surface area contributed by atoms with E-state index in [1.165, 1.54) is 0 Å². The number of hydrogen-bond acceptors (Lipinski definition) is 3. The van der Waals surface area contributed by atoms with Gasteiger partial charge in [-0.05, 0) is 25.1 Å². The van der Waals surface area contributed by atoms with Crippen LogP contribution in [0.1, 0.15) is 11.1 Å². The van der Waals surface area contributed by atoms with Crippen molar-refractivity contribution < 1.29 is 14.6 Å². The Hall–Kier alpha value is -2.33. The third-order valence-electron chi connectivity index (χ3n) is 2.84. The monoisotopic (exact) mass is 271 g/mol. The lowest BCUT2D eigenvalue weighted by Crippen LogP contribution is -2.20. The molecule has 4 nitrogen and oxygen atoms in total. The number of carbonyl (C=O) groups is 1. The van der Waals surface area contributed by atoms with E-state index >= 15 is 0 Å². The van der Waals surface area contributed by atoms with Crippen LogP contribution in [0, 0.1) is 6.92 Å². The fraction of sp³-hybridized carbons (Fsp3) is 0.188. The molecule has 0 spiro atoms. The maximum atomic E-state index is 11.8. The van der Waals surface area contributed by atoms with E-state index in [4.69, 9.17) is 9.84 Å². The van der Waals surface area contributed by atoms with E-state index in [1.54, 1.807) is 18.2 Å². The molecule has 0 unspecified atom stereocenters. The molecule has 0 heterocycles. The molecule has 0 bridgehead atoms. The zero-order chi connectivity index (χ0) is 14.4. The summed E-state index contributed by atoms with van der Waals surface area (Å²) in [5.41, 5.74) is 2.53. The number of carbonyl (C=O) groups excluding carboxylic acids is 1. The van der Waals surface area contributed by atoms with Crippen molar-refractivity contribution in [2.75, 3.05) is 11.9 Å². The SMILES string of the molecule is Cc1ccc(NC(=O)COc2ccccc2CO)cc1. The summed E-state index contributed by atoms with van der Waals surface area (Å²) in [6.45, 7) is 1.78. The summed E-state index contributed by atoms with van der Waals surface area (Å²) in [6, 6.07) is 14.6. The van der Waals surface area contributed by atoms with Gasteiger partial charge in [0.2, 0.25) is 0 Å². The molecule has 104 valence electrons. The summed E-state index contributed by atoms with van der Waals surface area (Å²) >= 11 is 0. The summed E-state index contributed by atoms with van der Waals surface area (Å²) in [6.07, 6.45) is 0. The minimum absolute atomic E-state index is 0.0924. The van der Waals surface area contributed by atoms with Gasteiger partial charge in [-0.15, -0.1) is 0 Å². The Morgan fingerprint density at radius 3 is 2.55 bits per heavy atom. The van der Waals surface area contributed by atoms with Crippen molar-refractivity contribution in [1.82, 2.24) is 0 Å². The lowest BCUT2D eigenvalue weighted by Gasteiger charge is -2.10. The van der Waals surface area contributed by atoms with Crippen molar-refractivity contribution in [1.29, 1.82) is 0 Å². The molecule has 2 rings (SSSR count). The van der Waals surface area contributed by atoms with Gasteiger partial charge in [0, 0.05) is 11.3 Å². The molecule has 0 aliphatic heterocycles. The number of para-hydroxylation sites is 1. The third-order valence-corrected chi connectivity index (χ3v) is 2.84. The summed E-state index contributed by atoms with van der Waals surface area (Å²) in [4.78, 5) is 11.8. The Bertz CT molecular complexity index is 579. The number of ether oxygens (including phenoxy) is 1. The van der Waals surface area contributed by atoms with Crippen molar-refractivity contribution in [3.05, 3.63) is 59.7 Å². The predicted molar refractivity (Wildman–Crippen MR) is 77.7 cm³/mol. The molecule has 1 amide bonds. The van der Waals surface area contributed by atoms with Gasteiger partial charge in [-0.2, -0.15) is 0 Å². The number of aliphatic hydroxyl groups excluding tert-OH is 1. The number of aryl methyl sites for hydroxylation is 1. The smallest absolute Gasteiger partial charge is 0.262 e. The highest BCUT2D eigenvalue weighted by Crippen LogP contribution is 2.17. The van der Waals surface area contributed by atoms with Crippen molar-refractivity contribution in [3.8, 4) is 5.75 Å². The summed E-state index contributed by atoms with van der Waals surface area (Å²) in [7, 11) is 0. The van der Waals surface area contributed by atoms with E-state index < -0.39 is 0 Å². The Morgan fingerprint density at radius 1 is 1.15 bits per heavy atom. The van der Waals surface area contributed by atoms with Gasteiger partial charge in [0.15, 0.2) is 6.61 Å². The molecule has 4 heteroatoms. The fourth-order valence-corrected chi connectivity index (χ4v) is 1.75. The molecular weight excluding hydrogens is 254 g/mol. The zero-order valence-electron chi connectivity index (χ0n) is 11.3. The van der Waals surface area contributed by atoms with Crippen molar-refractivity contribution in [2.24, 2.45) is 0 Å². The van der Waals surface area contributed by atoms with E-state index in [-0.39, 0.29) is 19.1 Å². The fourth-order valence-electron chi connectivity index (χ4n) is 1.75. The largest absolute Gasteiger partial charge is 0.483 e. The molecule has 0 radical (unpaired) electrons. The maximum Gasteiger partial charge on any atom is 0.262 e. The van der Waals surface area contributed by atoms with E-state index in [2.05, 4.69) is 5.32 Å². The number of rotatable bonds is 5. The van der Waals surface area contributed by atoms with Gasteiger partial charge in [0.1, 0.15) is 5.75 Å². The second kappa shape index (κ2) is 6.73. The van der Waals surface area contributed by atoms with Crippen LogP contribution in [0.3, 0.4) is 0 Å². The molecule has 2 N–H and O–H groups in total. The summed E-state index contributed by atoms with van der Waals surface area (Å²) < 4.78 is 5.41. The molecule has 2 aromatic rings. The average molecular weight is 271 g/mol. The maximum absolute atomic E-state index is 11.8. The molecule has 0 atom stereocenters. The highest BCUT2D eigenvalue weighted by molar-refractivity contribution is 5.91. The first kappa shape index (κ1) is 14.1. The van der Waals surface area contributed by atoms with Gasteiger partial charge >= 0.3 is 0 Å². The standard InChI is InChI=1S/C16H17NO3/c1-12-6-8-14(9-7-12)17-16(19)11-20-15-5-3-2-4-13(15)10-18/h2-9,18H,10-11H2,1H3,(H,17,19). The van der Waals surface area contributed by atoms with Gasteiger partial charge in [-0.25, -0.2) is 0 Å². The van der Waals surface area contributed by atoms with Crippen molar-refractivity contribution >= 4 is 11.6 Å². The molecule has 0 saturated carbocycles. The Labute approximate surface area is 118 Å². The molecule has 0 aliphatic rings. The number of hydrogen-bond donors (Lipinski definition) is 2. The van der Waals surface area contributed by atoms with Crippen molar-refractivity contribution in [3.63, 3.8) is 0 Å². The van der Waals surface area contributed by atoms with E-state index in [1.807, 2.05) is 37.3 Å². The van der Waals surface area contributed by atoms with Crippen LogP contribution in [0.5, 0.6) is 5.75 Å². The van der Waals surface area contributed by atoms with Crippen LogP contribution >= 0.6 is 0 Å². The first-order valence-electron chi connectivity index (χ1n) is 6.37. The molecule has 2 aromatic carbocycles. The highest BCUT2D eigenvalue weighted by atomic mass is 16.5. The van der Waals surface area contributed by atoms with Crippen LogP contribution in [-0.2, 0) is 11.4 Å². The second-order valence-corrected chi connectivity index (χ2v) is 4.47. The van der Waals surface area contributed by atoms with Crippen molar-refractivity contribution in [2.45, 2.75) is 13.5 Å². The van der Waals surface area contributed by atoms with Crippen LogP contribution in [0.2, 0.25) is 0 Å². The summed E-state index contributed by atoms with van der Waals surface area (Å²) in [5, 5.41) is 11.9. The normalized spacial score (nSPS) is 10.1. The number of benzene rings is 2. The number of aliphatic hydroxyl groups is 1. The van der Waals surface area contributed by atoms with E-state index in [0.717, 1.165) is 11.3 Å². The van der Waals surface area contributed by atoms with Gasteiger partial charge in [0.05, 0.1) is 6.61 Å². The topological polar surface area (TPSA) is 58.6 Å². The number of nitrogens with one attached hydrogen (secondary N) is 1. The number of amides is 1. The van der Waals surface area contributed by atoms with Gasteiger partial charge in [-0.3, -0.25) is 4.79 Å².